The van der Waals surface area contributed by atoms with Gasteiger partial charge in [-0.2, -0.15) is 5.26 Å². The summed E-state index contributed by atoms with van der Waals surface area (Å²) in [5.74, 6) is 0. The van der Waals surface area contributed by atoms with Gasteiger partial charge in [-0.15, -0.1) is 0 Å². The molecule has 1 aliphatic rings. The Hall–Kier alpha value is -2.17. The molecule has 0 bridgehead atoms. The summed E-state index contributed by atoms with van der Waals surface area (Å²) in [6.07, 6.45) is 0.0643. The van der Waals surface area contributed by atoms with Crippen molar-refractivity contribution < 1.29 is 9.66 Å². The summed E-state index contributed by atoms with van der Waals surface area (Å²) >= 11 is 0. The van der Waals surface area contributed by atoms with Crippen LogP contribution in [-0.2, 0) is 4.74 Å². The number of nitro benzene ring substituents is 1. The Bertz CT molecular complexity index is 506. The van der Waals surface area contributed by atoms with E-state index in [2.05, 4.69) is 10.6 Å². The fourth-order valence-corrected chi connectivity index (χ4v) is 1.88. The predicted molar refractivity (Wildman–Crippen MR) is 68.9 cm³/mol. The first-order valence-corrected chi connectivity index (χ1v) is 5.95. The molecule has 1 unspecified atom stereocenters. The summed E-state index contributed by atoms with van der Waals surface area (Å²) in [6, 6.07) is 6.24. The standard InChI is InChI=1S/C12H14N4O3/c13-6-9-5-10(1-2-12(9)16(17)18)15-8-11-7-14-3-4-19-11/h1-2,5,11,14-15H,3-4,7-8H2. The largest absolute Gasteiger partial charge is 0.382 e. The van der Waals surface area contributed by atoms with Crippen molar-refractivity contribution in [1.29, 1.82) is 5.26 Å². The summed E-state index contributed by atoms with van der Waals surface area (Å²) in [7, 11) is 0. The third kappa shape index (κ3) is 3.40. The minimum atomic E-state index is -0.559. The summed E-state index contributed by atoms with van der Waals surface area (Å²) in [5.41, 5.74) is 0.553. The first kappa shape index (κ1) is 13.3. The van der Waals surface area contributed by atoms with Gasteiger partial charge in [0.1, 0.15) is 11.6 Å². The fourth-order valence-electron chi connectivity index (χ4n) is 1.88. The molecule has 1 aromatic carbocycles. The van der Waals surface area contributed by atoms with Gasteiger partial charge in [0.2, 0.25) is 0 Å². The van der Waals surface area contributed by atoms with Crippen LogP contribution in [0.25, 0.3) is 0 Å². The number of rotatable bonds is 4. The lowest BCUT2D eigenvalue weighted by Gasteiger charge is -2.24. The zero-order chi connectivity index (χ0) is 13.7. The molecule has 2 rings (SSSR count). The van der Waals surface area contributed by atoms with Gasteiger partial charge in [0.15, 0.2) is 0 Å². The van der Waals surface area contributed by atoms with Crippen LogP contribution in [0, 0.1) is 21.4 Å². The average Bonchev–Trinajstić information content (AvgIpc) is 2.45. The van der Waals surface area contributed by atoms with Crippen LogP contribution in [0.1, 0.15) is 5.56 Å². The smallest absolute Gasteiger partial charge is 0.287 e. The normalized spacial score (nSPS) is 18.6. The van der Waals surface area contributed by atoms with E-state index < -0.39 is 4.92 Å². The van der Waals surface area contributed by atoms with E-state index in [1.54, 1.807) is 6.07 Å². The van der Waals surface area contributed by atoms with Gasteiger partial charge in [0.25, 0.3) is 5.69 Å². The molecular weight excluding hydrogens is 248 g/mol. The highest BCUT2D eigenvalue weighted by molar-refractivity contribution is 5.58. The third-order valence-electron chi connectivity index (χ3n) is 2.85. The van der Waals surface area contributed by atoms with Crippen LogP contribution in [0.15, 0.2) is 18.2 Å². The van der Waals surface area contributed by atoms with Gasteiger partial charge in [0, 0.05) is 31.4 Å². The molecular formula is C12H14N4O3. The third-order valence-corrected chi connectivity index (χ3v) is 2.85. The highest BCUT2D eigenvalue weighted by atomic mass is 16.6. The van der Waals surface area contributed by atoms with Crippen molar-refractivity contribution >= 4 is 11.4 Å². The molecule has 100 valence electrons. The van der Waals surface area contributed by atoms with Gasteiger partial charge in [-0.3, -0.25) is 10.1 Å². The summed E-state index contributed by atoms with van der Waals surface area (Å²) in [4.78, 5) is 10.1. The Morgan fingerprint density at radius 2 is 2.47 bits per heavy atom. The second-order valence-electron chi connectivity index (χ2n) is 4.18. The molecule has 0 spiro atoms. The molecule has 7 nitrogen and oxygen atoms in total. The number of ether oxygens (including phenoxy) is 1. The van der Waals surface area contributed by atoms with Crippen molar-refractivity contribution in [2.45, 2.75) is 6.10 Å². The van der Waals surface area contributed by atoms with Gasteiger partial charge in [-0.25, -0.2) is 0 Å². The maximum atomic E-state index is 10.7. The number of anilines is 1. The number of nitrogens with zero attached hydrogens (tertiary/aromatic N) is 2. The minimum Gasteiger partial charge on any atom is -0.382 e. The number of benzene rings is 1. The second-order valence-corrected chi connectivity index (χ2v) is 4.18. The molecule has 1 aromatic rings. The highest BCUT2D eigenvalue weighted by Crippen LogP contribution is 2.21. The maximum absolute atomic E-state index is 10.7. The van der Waals surface area contributed by atoms with Crippen LogP contribution in [0.4, 0.5) is 11.4 Å². The molecule has 1 saturated heterocycles. The number of hydrogen-bond acceptors (Lipinski definition) is 6. The lowest BCUT2D eigenvalue weighted by molar-refractivity contribution is -0.385. The van der Waals surface area contributed by atoms with Crippen LogP contribution in [-0.4, -0.2) is 37.3 Å². The minimum absolute atomic E-state index is 0.0534. The molecule has 0 aromatic heterocycles. The number of nitrogens with one attached hydrogen (secondary N) is 2. The van der Waals surface area contributed by atoms with Crippen molar-refractivity contribution in [1.82, 2.24) is 5.32 Å². The van der Waals surface area contributed by atoms with Gasteiger partial charge in [0.05, 0.1) is 17.6 Å². The van der Waals surface area contributed by atoms with E-state index >= 15 is 0 Å². The number of morpholine rings is 1. The first-order valence-electron chi connectivity index (χ1n) is 5.95. The molecule has 1 fully saturated rings. The Balaban J connectivity index is 2.01. The van der Waals surface area contributed by atoms with Crippen LogP contribution < -0.4 is 10.6 Å². The van der Waals surface area contributed by atoms with Crippen LogP contribution >= 0.6 is 0 Å². The molecule has 2 N–H and O–H groups in total. The monoisotopic (exact) mass is 262 g/mol. The molecule has 1 atom stereocenters. The van der Waals surface area contributed by atoms with Gasteiger partial charge >= 0.3 is 0 Å². The van der Waals surface area contributed by atoms with Gasteiger partial charge in [-0.05, 0) is 12.1 Å². The van der Waals surface area contributed by atoms with E-state index in [-0.39, 0.29) is 17.4 Å². The van der Waals surface area contributed by atoms with Crippen LogP contribution in [0.5, 0.6) is 0 Å². The lowest BCUT2D eigenvalue weighted by Crippen LogP contribution is -2.42. The SMILES string of the molecule is N#Cc1cc(NCC2CNCCO2)ccc1[N+](=O)[O-]. The molecule has 1 heterocycles. The highest BCUT2D eigenvalue weighted by Gasteiger charge is 2.15. The molecule has 0 radical (unpaired) electrons. The molecule has 7 heteroatoms. The van der Waals surface area contributed by atoms with Crippen molar-refractivity contribution in [2.24, 2.45) is 0 Å². The van der Waals surface area contributed by atoms with Crippen molar-refractivity contribution in [3.8, 4) is 6.07 Å². The molecule has 0 aliphatic carbocycles. The summed E-state index contributed by atoms with van der Waals surface area (Å²) < 4.78 is 5.52. The first-order chi connectivity index (χ1) is 9.20. The number of hydrogen-bond donors (Lipinski definition) is 2. The molecule has 1 aliphatic heterocycles. The van der Waals surface area contributed by atoms with E-state index in [0.717, 1.165) is 13.1 Å². The van der Waals surface area contributed by atoms with Crippen LogP contribution in [0.3, 0.4) is 0 Å². The Kier molecular flexibility index (Phi) is 4.28. The van der Waals surface area contributed by atoms with Gasteiger partial charge in [-0.1, -0.05) is 0 Å². The summed E-state index contributed by atoms with van der Waals surface area (Å²) in [5, 5.41) is 25.9. The fraction of sp³-hybridized carbons (Fsp3) is 0.417. The summed E-state index contributed by atoms with van der Waals surface area (Å²) in [6.45, 7) is 2.89. The van der Waals surface area contributed by atoms with Crippen molar-refractivity contribution in [2.75, 3.05) is 31.6 Å². The number of nitro groups is 1. The average molecular weight is 262 g/mol. The van der Waals surface area contributed by atoms with Gasteiger partial charge < -0.3 is 15.4 Å². The Morgan fingerprint density at radius 1 is 1.63 bits per heavy atom. The zero-order valence-electron chi connectivity index (χ0n) is 10.3. The second kappa shape index (κ2) is 6.13. The van der Waals surface area contributed by atoms with Crippen molar-refractivity contribution in [3.63, 3.8) is 0 Å². The van der Waals surface area contributed by atoms with E-state index in [1.165, 1.54) is 12.1 Å². The van der Waals surface area contributed by atoms with E-state index in [4.69, 9.17) is 10.00 Å². The zero-order valence-corrected chi connectivity index (χ0v) is 10.3. The Labute approximate surface area is 110 Å². The van der Waals surface area contributed by atoms with E-state index in [1.807, 2.05) is 6.07 Å². The topological polar surface area (TPSA) is 100 Å². The van der Waals surface area contributed by atoms with Crippen LogP contribution in [0.2, 0.25) is 0 Å². The number of nitriles is 1. The lowest BCUT2D eigenvalue weighted by atomic mass is 10.1. The Morgan fingerprint density at radius 3 is 3.11 bits per heavy atom. The molecule has 0 amide bonds. The van der Waals surface area contributed by atoms with Crippen molar-refractivity contribution in [3.05, 3.63) is 33.9 Å². The maximum Gasteiger partial charge on any atom is 0.287 e. The quantitative estimate of drug-likeness (QED) is 0.616. The predicted octanol–water partition coefficient (Wildman–Crippen LogP) is 0.867. The molecule has 19 heavy (non-hydrogen) atoms. The van der Waals surface area contributed by atoms with E-state index in [0.29, 0.717) is 18.8 Å². The molecule has 0 saturated carbocycles. The van der Waals surface area contributed by atoms with E-state index in [9.17, 15) is 10.1 Å².